The molecule has 0 N–H and O–H groups in total. The van der Waals surface area contributed by atoms with Crippen LogP contribution in [-0.4, -0.2) is 6.36 Å². The molecule has 6 heteroatoms. The number of hydrogen-bond donors (Lipinski definition) is 0. The Balaban J connectivity index is 2.29. The third-order valence-electron chi connectivity index (χ3n) is 2.59. The molecule has 0 amide bonds. The molecule has 0 fully saturated rings. The summed E-state index contributed by atoms with van der Waals surface area (Å²) < 4.78 is 40.1. The van der Waals surface area contributed by atoms with Crippen molar-refractivity contribution < 1.29 is 17.9 Å². The van der Waals surface area contributed by atoms with Crippen LogP contribution in [0.1, 0.15) is 5.56 Å². The SMILES string of the molecule is FC(F)(F)Oc1ccc(-c2ccc(CBr)cc2)c(Cl)c1. The molecule has 0 aliphatic heterocycles. The molecule has 0 unspecified atom stereocenters. The van der Waals surface area contributed by atoms with Crippen LogP contribution >= 0.6 is 27.5 Å². The Morgan fingerprint density at radius 2 is 1.70 bits per heavy atom. The van der Waals surface area contributed by atoms with Crippen LogP contribution in [0, 0.1) is 0 Å². The molecule has 2 aromatic rings. The maximum absolute atomic E-state index is 12.1. The summed E-state index contributed by atoms with van der Waals surface area (Å²) in [6.07, 6.45) is -4.72. The average molecular weight is 366 g/mol. The number of alkyl halides is 4. The molecule has 1 nitrogen and oxygen atoms in total. The molecule has 0 aliphatic carbocycles. The second-order valence-corrected chi connectivity index (χ2v) is 4.99. The fourth-order valence-corrected chi connectivity index (χ4v) is 2.35. The Morgan fingerprint density at radius 1 is 1.05 bits per heavy atom. The summed E-state index contributed by atoms with van der Waals surface area (Å²) in [4.78, 5) is 0. The molecule has 2 aromatic carbocycles. The van der Waals surface area contributed by atoms with E-state index in [1.807, 2.05) is 24.3 Å². The monoisotopic (exact) mass is 364 g/mol. The van der Waals surface area contributed by atoms with Gasteiger partial charge >= 0.3 is 6.36 Å². The van der Waals surface area contributed by atoms with Crippen LogP contribution in [0.5, 0.6) is 5.75 Å². The van der Waals surface area contributed by atoms with Gasteiger partial charge in [0.15, 0.2) is 0 Å². The maximum atomic E-state index is 12.1. The van der Waals surface area contributed by atoms with Gasteiger partial charge in [0, 0.05) is 10.9 Å². The Kier molecular flexibility index (Phi) is 4.60. The molecule has 0 saturated heterocycles. The third-order valence-corrected chi connectivity index (χ3v) is 3.55. The normalized spacial score (nSPS) is 11.4. The minimum atomic E-state index is -4.72. The summed E-state index contributed by atoms with van der Waals surface area (Å²) in [6, 6.07) is 11.5. The van der Waals surface area contributed by atoms with Crippen LogP contribution in [0.2, 0.25) is 5.02 Å². The topological polar surface area (TPSA) is 9.23 Å². The van der Waals surface area contributed by atoms with Crippen molar-refractivity contribution in [3.63, 3.8) is 0 Å². The van der Waals surface area contributed by atoms with Crippen LogP contribution < -0.4 is 4.74 Å². The minimum Gasteiger partial charge on any atom is -0.406 e. The zero-order chi connectivity index (χ0) is 14.8. The lowest BCUT2D eigenvalue weighted by Crippen LogP contribution is -2.17. The Morgan fingerprint density at radius 3 is 2.20 bits per heavy atom. The van der Waals surface area contributed by atoms with Gasteiger partial charge in [-0.05, 0) is 29.3 Å². The van der Waals surface area contributed by atoms with Crippen LogP contribution in [0.25, 0.3) is 11.1 Å². The Bertz CT molecular complexity index is 596. The zero-order valence-electron chi connectivity index (χ0n) is 10.0. The van der Waals surface area contributed by atoms with Gasteiger partial charge < -0.3 is 4.74 Å². The lowest BCUT2D eigenvalue weighted by atomic mass is 10.0. The molecule has 0 saturated carbocycles. The highest BCUT2D eigenvalue weighted by molar-refractivity contribution is 9.08. The van der Waals surface area contributed by atoms with Gasteiger partial charge in [0.1, 0.15) is 5.75 Å². The summed E-state index contributed by atoms with van der Waals surface area (Å²) in [5.41, 5.74) is 2.59. The lowest BCUT2D eigenvalue weighted by molar-refractivity contribution is -0.274. The molecule has 2 rings (SSSR count). The van der Waals surface area contributed by atoms with E-state index in [0.717, 1.165) is 22.5 Å². The molecular weight excluding hydrogens is 357 g/mol. The van der Waals surface area contributed by atoms with Crippen molar-refractivity contribution in [1.82, 2.24) is 0 Å². The summed E-state index contributed by atoms with van der Waals surface area (Å²) in [5.74, 6) is -0.330. The fraction of sp³-hybridized carbons (Fsp3) is 0.143. The van der Waals surface area contributed by atoms with Crippen LogP contribution in [0.15, 0.2) is 42.5 Å². The van der Waals surface area contributed by atoms with Crippen molar-refractivity contribution >= 4 is 27.5 Å². The third kappa shape index (κ3) is 3.90. The standard InChI is InChI=1S/C14H9BrClF3O/c15-8-9-1-3-10(4-2-9)12-6-5-11(7-13(12)16)20-14(17,18)19/h1-7H,8H2. The van der Waals surface area contributed by atoms with Crippen LogP contribution in [-0.2, 0) is 5.33 Å². The molecule has 0 radical (unpaired) electrons. The predicted molar refractivity (Wildman–Crippen MR) is 76.2 cm³/mol. The maximum Gasteiger partial charge on any atom is 0.573 e. The lowest BCUT2D eigenvalue weighted by Gasteiger charge is -2.11. The van der Waals surface area contributed by atoms with Gasteiger partial charge in [-0.15, -0.1) is 13.2 Å². The number of rotatable bonds is 3. The molecule has 0 aliphatic rings. The molecular formula is C14H9BrClF3O. The largest absolute Gasteiger partial charge is 0.573 e. The summed E-state index contributed by atoms with van der Waals surface area (Å²) >= 11 is 9.35. The van der Waals surface area contributed by atoms with E-state index >= 15 is 0 Å². The Hall–Kier alpha value is -1.20. The van der Waals surface area contributed by atoms with Crippen LogP contribution in [0.4, 0.5) is 13.2 Å². The number of halogens is 5. The highest BCUT2D eigenvalue weighted by Crippen LogP contribution is 2.33. The van der Waals surface area contributed by atoms with Gasteiger partial charge in [0.25, 0.3) is 0 Å². The van der Waals surface area contributed by atoms with E-state index < -0.39 is 6.36 Å². The van der Waals surface area contributed by atoms with Crippen molar-refractivity contribution in [2.24, 2.45) is 0 Å². The van der Waals surface area contributed by atoms with Crippen molar-refractivity contribution in [3.8, 4) is 16.9 Å². The number of ether oxygens (including phenoxy) is 1. The molecule has 20 heavy (non-hydrogen) atoms. The van der Waals surface area contributed by atoms with Crippen molar-refractivity contribution in [1.29, 1.82) is 0 Å². The second-order valence-electron chi connectivity index (χ2n) is 4.02. The van der Waals surface area contributed by atoms with E-state index in [2.05, 4.69) is 20.7 Å². The van der Waals surface area contributed by atoms with Crippen LogP contribution in [0.3, 0.4) is 0 Å². The quantitative estimate of drug-likeness (QED) is 0.625. The van der Waals surface area contributed by atoms with E-state index in [-0.39, 0.29) is 10.8 Å². The number of benzene rings is 2. The first-order chi connectivity index (χ1) is 9.39. The van der Waals surface area contributed by atoms with Gasteiger partial charge in [-0.25, -0.2) is 0 Å². The van der Waals surface area contributed by atoms with E-state index in [1.54, 1.807) is 0 Å². The van der Waals surface area contributed by atoms with Gasteiger partial charge in [-0.2, -0.15) is 0 Å². The minimum absolute atomic E-state index is 0.207. The van der Waals surface area contributed by atoms with Crippen molar-refractivity contribution in [2.75, 3.05) is 0 Å². The Labute approximate surface area is 127 Å². The summed E-state index contributed by atoms with van der Waals surface area (Å²) in [7, 11) is 0. The molecule has 106 valence electrons. The van der Waals surface area contributed by atoms with Gasteiger partial charge in [-0.3, -0.25) is 0 Å². The van der Waals surface area contributed by atoms with E-state index in [1.165, 1.54) is 12.1 Å². The van der Waals surface area contributed by atoms with Gasteiger partial charge in [0.2, 0.25) is 0 Å². The number of hydrogen-bond acceptors (Lipinski definition) is 1. The second kappa shape index (κ2) is 6.06. The van der Waals surface area contributed by atoms with E-state index in [0.29, 0.717) is 5.56 Å². The zero-order valence-corrected chi connectivity index (χ0v) is 12.4. The summed E-state index contributed by atoms with van der Waals surface area (Å²) in [6.45, 7) is 0. The highest BCUT2D eigenvalue weighted by atomic mass is 79.9. The molecule has 0 aromatic heterocycles. The highest BCUT2D eigenvalue weighted by Gasteiger charge is 2.31. The van der Waals surface area contributed by atoms with E-state index in [9.17, 15) is 13.2 Å². The van der Waals surface area contributed by atoms with Crippen molar-refractivity contribution in [2.45, 2.75) is 11.7 Å². The molecule has 0 heterocycles. The van der Waals surface area contributed by atoms with E-state index in [4.69, 9.17) is 11.6 Å². The fourth-order valence-electron chi connectivity index (χ4n) is 1.70. The molecule has 0 bridgehead atoms. The van der Waals surface area contributed by atoms with Crippen molar-refractivity contribution in [3.05, 3.63) is 53.1 Å². The predicted octanol–water partition coefficient (Wildman–Crippen LogP) is 5.80. The average Bonchev–Trinajstić information content (AvgIpc) is 2.37. The first kappa shape index (κ1) is 15.2. The van der Waals surface area contributed by atoms with Gasteiger partial charge in [-0.1, -0.05) is 51.8 Å². The smallest absolute Gasteiger partial charge is 0.406 e. The summed E-state index contributed by atoms with van der Waals surface area (Å²) in [5, 5.41) is 0.942. The first-order valence-corrected chi connectivity index (χ1v) is 7.09. The molecule has 0 atom stereocenters. The molecule has 0 spiro atoms. The first-order valence-electron chi connectivity index (χ1n) is 5.59. The van der Waals surface area contributed by atoms with Gasteiger partial charge in [0.05, 0.1) is 5.02 Å².